The van der Waals surface area contributed by atoms with Crippen LogP contribution < -0.4 is 5.32 Å². The fourth-order valence-corrected chi connectivity index (χ4v) is 3.94. The summed E-state index contributed by atoms with van der Waals surface area (Å²) in [6.07, 6.45) is 0. The Bertz CT molecular complexity index is 515. The van der Waals surface area contributed by atoms with Crippen LogP contribution in [-0.2, 0) is 0 Å². The monoisotopic (exact) mass is 322 g/mol. The molecule has 1 amide bonds. The van der Waals surface area contributed by atoms with Crippen molar-refractivity contribution in [1.29, 1.82) is 0 Å². The van der Waals surface area contributed by atoms with Crippen LogP contribution in [0.4, 0.5) is 0 Å². The smallest absolute Gasteiger partial charge is 0.254 e. The van der Waals surface area contributed by atoms with E-state index < -0.39 is 0 Å². The minimum absolute atomic E-state index is 0.0619. The number of hydrogen-bond donors (Lipinski definition) is 1. The highest BCUT2D eigenvalue weighted by atomic mass is 79.9. The Kier molecular flexibility index (Phi) is 3.18. The fourth-order valence-electron chi connectivity index (χ4n) is 3.54. The molecular weight excluding hydrogens is 304 g/mol. The zero-order chi connectivity index (χ0) is 13.6. The topological polar surface area (TPSA) is 32.3 Å². The van der Waals surface area contributed by atoms with Gasteiger partial charge in [0.2, 0.25) is 0 Å². The highest BCUT2D eigenvalue weighted by Gasteiger charge is 2.51. The van der Waals surface area contributed by atoms with E-state index in [1.807, 2.05) is 24.3 Å². The van der Waals surface area contributed by atoms with Crippen molar-refractivity contribution < 1.29 is 4.79 Å². The van der Waals surface area contributed by atoms with Gasteiger partial charge in [-0.25, -0.2) is 0 Å². The van der Waals surface area contributed by atoms with E-state index in [0.717, 1.165) is 29.7 Å². The van der Waals surface area contributed by atoms with E-state index in [-0.39, 0.29) is 11.4 Å². The molecule has 2 atom stereocenters. The van der Waals surface area contributed by atoms with Crippen molar-refractivity contribution in [3.8, 4) is 0 Å². The number of rotatable bonds is 1. The third-order valence-corrected chi connectivity index (χ3v) is 5.17. The lowest BCUT2D eigenvalue weighted by Crippen LogP contribution is -2.47. The van der Waals surface area contributed by atoms with Gasteiger partial charge in [-0.3, -0.25) is 4.79 Å². The van der Waals surface area contributed by atoms with Gasteiger partial charge >= 0.3 is 0 Å². The van der Waals surface area contributed by atoms with Gasteiger partial charge in [0.1, 0.15) is 0 Å². The van der Waals surface area contributed by atoms with Crippen molar-refractivity contribution in [2.24, 2.45) is 11.8 Å². The average Bonchev–Trinajstić information content (AvgIpc) is 2.91. The molecule has 0 saturated carbocycles. The van der Waals surface area contributed by atoms with Gasteiger partial charge in [0.05, 0.1) is 0 Å². The van der Waals surface area contributed by atoms with Gasteiger partial charge < -0.3 is 10.2 Å². The molecule has 0 spiro atoms. The normalized spacial score (nSPS) is 28.5. The zero-order valence-corrected chi connectivity index (χ0v) is 12.9. The summed E-state index contributed by atoms with van der Waals surface area (Å²) in [4.78, 5) is 14.8. The molecule has 1 N–H and O–H groups in total. The van der Waals surface area contributed by atoms with E-state index in [1.54, 1.807) is 0 Å². The molecule has 2 saturated heterocycles. The van der Waals surface area contributed by atoms with Crippen LogP contribution in [0.2, 0.25) is 0 Å². The molecule has 0 radical (unpaired) electrons. The molecule has 2 unspecified atom stereocenters. The van der Waals surface area contributed by atoms with Crippen LogP contribution in [0.25, 0.3) is 0 Å². The number of nitrogens with one attached hydrogen (secondary N) is 1. The standard InChI is InChI=1S/C15H19BrN2O/c1-15(2)13-8-17-7-11(13)9-18(15)14(19)10-4-3-5-12(16)6-10/h3-6,11,13,17H,7-9H2,1-2H3. The molecule has 19 heavy (non-hydrogen) atoms. The number of likely N-dealkylation sites (tertiary alicyclic amines) is 1. The summed E-state index contributed by atoms with van der Waals surface area (Å²) in [5.41, 5.74) is 0.712. The van der Waals surface area contributed by atoms with Crippen molar-refractivity contribution in [2.75, 3.05) is 19.6 Å². The molecule has 3 rings (SSSR count). The maximum Gasteiger partial charge on any atom is 0.254 e. The summed E-state index contributed by atoms with van der Waals surface area (Å²) in [7, 11) is 0. The first-order valence-corrected chi connectivity index (χ1v) is 7.57. The Balaban J connectivity index is 1.88. The third-order valence-electron chi connectivity index (χ3n) is 4.68. The Morgan fingerprint density at radius 2 is 2.21 bits per heavy atom. The molecular formula is C15H19BrN2O. The van der Waals surface area contributed by atoms with Crippen molar-refractivity contribution in [3.63, 3.8) is 0 Å². The van der Waals surface area contributed by atoms with Crippen LogP contribution in [0.3, 0.4) is 0 Å². The van der Waals surface area contributed by atoms with E-state index in [4.69, 9.17) is 0 Å². The van der Waals surface area contributed by atoms with Gasteiger partial charge in [0.15, 0.2) is 0 Å². The summed E-state index contributed by atoms with van der Waals surface area (Å²) in [6, 6.07) is 7.67. The molecule has 1 aromatic carbocycles. The Labute approximate surface area is 122 Å². The second kappa shape index (κ2) is 4.60. The van der Waals surface area contributed by atoms with E-state index in [0.29, 0.717) is 11.8 Å². The van der Waals surface area contributed by atoms with Gasteiger partial charge in [-0.2, -0.15) is 0 Å². The van der Waals surface area contributed by atoms with Gasteiger partial charge in [-0.15, -0.1) is 0 Å². The van der Waals surface area contributed by atoms with Crippen LogP contribution in [0, 0.1) is 11.8 Å². The maximum atomic E-state index is 12.7. The zero-order valence-electron chi connectivity index (χ0n) is 11.3. The molecule has 0 aromatic heterocycles. The van der Waals surface area contributed by atoms with Gasteiger partial charge in [0.25, 0.3) is 5.91 Å². The minimum atomic E-state index is -0.0619. The van der Waals surface area contributed by atoms with Crippen molar-refractivity contribution in [3.05, 3.63) is 34.3 Å². The van der Waals surface area contributed by atoms with Crippen LogP contribution in [0.15, 0.2) is 28.7 Å². The summed E-state index contributed by atoms with van der Waals surface area (Å²) >= 11 is 3.44. The first kappa shape index (κ1) is 13.1. The van der Waals surface area contributed by atoms with Crippen molar-refractivity contribution in [2.45, 2.75) is 19.4 Å². The van der Waals surface area contributed by atoms with E-state index >= 15 is 0 Å². The second-order valence-corrected chi connectivity index (χ2v) is 7.02. The van der Waals surface area contributed by atoms with E-state index in [1.165, 1.54) is 0 Å². The molecule has 1 aromatic rings. The van der Waals surface area contributed by atoms with E-state index in [9.17, 15) is 4.79 Å². The maximum absolute atomic E-state index is 12.7. The Hall–Kier alpha value is -0.870. The number of halogens is 1. The van der Waals surface area contributed by atoms with E-state index in [2.05, 4.69) is 40.0 Å². The summed E-state index contributed by atoms with van der Waals surface area (Å²) in [5.74, 6) is 1.33. The summed E-state index contributed by atoms with van der Waals surface area (Å²) in [5, 5.41) is 3.44. The lowest BCUT2D eigenvalue weighted by atomic mass is 9.84. The number of amides is 1. The lowest BCUT2D eigenvalue weighted by Gasteiger charge is -2.35. The Morgan fingerprint density at radius 3 is 2.89 bits per heavy atom. The number of nitrogens with zero attached hydrogens (tertiary/aromatic N) is 1. The molecule has 102 valence electrons. The van der Waals surface area contributed by atoms with Crippen molar-refractivity contribution >= 4 is 21.8 Å². The predicted molar refractivity (Wildman–Crippen MR) is 79.1 cm³/mol. The van der Waals surface area contributed by atoms with Gasteiger partial charge in [-0.1, -0.05) is 22.0 Å². The van der Waals surface area contributed by atoms with Gasteiger partial charge in [-0.05, 0) is 43.9 Å². The summed E-state index contributed by atoms with van der Waals surface area (Å²) in [6.45, 7) is 7.33. The molecule has 2 heterocycles. The quantitative estimate of drug-likeness (QED) is 0.861. The van der Waals surface area contributed by atoms with Crippen LogP contribution in [-0.4, -0.2) is 36.0 Å². The lowest BCUT2D eigenvalue weighted by molar-refractivity contribution is 0.0603. The molecule has 2 aliphatic rings. The number of carbonyl (C=O) groups is 1. The average molecular weight is 323 g/mol. The SMILES string of the molecule is CC1(C)C2CNCC2CN1C(=O)c1cccc(Br)c1. The number of fused-ring (bicyclic) bond motifs is 1. The fraction of sp³-hybridized carbons (Fsp3) is 0.533. The second-order valence-electron chi connectivity index (χ2n) is 6.10. The predicted octanol–water partition coefficient (Wildman–Crippen LogP) is 2.52. The number of carbonyl (C=O) groups excluding carboxylic acids is 1. The molecule has 0 bridgehead atoms. The Morgan fingerprint density at radius 1 is 1.42 bits per heavy atom. The number of hydrogen-bond acceptors (Lipinski definition) is 2. The molecule has 4 heteroatoms. The highest BCUT2D eigenvalue weighted by Crippen LogP contribution is 2.41. The largest absolute Gasteiger partial charge is 0.333 e. The molecule has 0 aliphatic carbocycles. The molecule has 2 fully saturated rings. The third kappa shape index (κ3) is 2.11. The summed E-state index contributed by atoms with van der Waals surface area (Å²) < 4.78 is 0.956. The first-order valence-electron chi connectivity index (χ1n) is 6.78. The number of benzene rings is 1. The molecule has 2 aliphatic heterocycles. The molecule has 3 nitrogen and oxygen atoms in total. The van der Waals surface area contributed by atoms with Crippen LogP contribution >= 0.6 is 15.9 Å². The minimum Gasteiger partial charge on any atom is -0.333 e. The highest BCUT2D eigenvalue weighted by molar-refractivity contribution is 9.10. The van der Waals surface area contributed by atoms with Crippen LogP contribution in [0.1, 0.15) is 24.2 Å². The van der Waals surface area contributed by atoms with Gasteiger partial charge in [0, 0.05) is 35.2 Å². The van der Waals surface area contributed by atoms with Crippen molar-refractivity contribution in [1.82, 2.24) is 10.2 Å². The first-order chi connectivity index (χ1) is 9.00. The van der Waals surface area contributed by atoms with Crippen LogP contribution in [0.5, 0.6) is 0 Å².